The summed E-state index contributed by atoms with van der Waals surface area (Å²) in [6.07, 6.45) is 3.82. The summed E-state index contributed by atoms with van der Waals surface area (Å²) in [5, 5.41) is 0. The number of anilines is 1. The van der Waals surface area contributed by atoms with Gasteiger partial charge in [-0.3, -0.25) is 4.79 Å². The third kappa shape index (κ3) is 1.42. The Kier molecular flexibility index (Phi) is 2.37. The Bertz CT molecular complexity index is 590. The van der Waals surface area contributed by atoms with E-state index in [2.05, 4.69) is 0 Å². The van der Waals surface area contributed by atoms with Crippen molar-refractivity contribution in [2.45, 2.75) is 6.04 Å². The lowest BCUT2D eigenvalue weighted by molar-refractivity contribution is -0.119. The summed E-state index contributed by atoms with van der Waals surface area (Å²) < 4.78 is 7.16. The van der Waals surface area contributed by atoms with Crippen LogP contribution in [-0.2, 0) is 4.79 Å². The average molecular weight is 242 g/mol. The van der Waals surface area contributed by atoms with E-state index in [9.17, 15) is 4.79 Å². The van der Waals surface area contributed by atoms with Crippen LogP contribution in [-0.4, -0.2) is 24.6 Å². The zero-order valence-corrected chi connectivity index (χ0v) is 10.3. The zero-order chi connectivity index (χ0) is 12.7. The quantitative estimate of drug-likeness (QED) is 0.808. The summed E-state index contributed by atoms with van der Waals surface area (Å²) >= 11 is 0. The number of fused-ring (bicyclic) bond motifs is 1. The van der Waals surface area contributed by atoms with Crippen LogP contribution < -0.4 is 9.64 Å². The first kappa shape index (κ1) is 10.9. The van der Waals surface area contributed by atoms with Gasteiger partial charge in [0.05, 0.1) is 7.11 Å². The van der Waals surface area contributed by atoms with Gasteiger partial charge >= 0.3 is 0 Å². The minimum atomic E-state index is -0.282. The third-order valence-corrected chi connectivity index (χ3v) is 3.38. The van der Waals surface area contributed by atoms with Gasteiger partial charge in [-0.25, -0.2) is 0 Å². The van der Waals surface area contributed by atoms with E-state index in [1.165, 1.54) is 0 Å². The fourth-order valence-corrected chi connectivity index (χ4v) is 2.43. The van der Waals surface area contributed by atoms with Gasteiger partial charge in [0, 0.05) is 30.7 Å². The van der Waals surface area contributed by atoms with Crippen LogP contribution in [0.15, 0.2) is 42.7 Å². The van der Waals surface area contributed by atoms with Crippen molar-refractivity contribution in [3.05, 3.63) is 48.3 Å². The molecule has 3 rings (SSSR count). The fraction of sp³-hybridized carbons (Fsp3) is 0.214. The molecule has 4 heteroatoms. The van der Waals surface area contributed by atoms with E-state index >= 15 is 0 Å². The maximum absolute atomic E-state index is 12.3. The average Bonchev–Trinajstić information content (AvgIpc) is 2.98. The number of hydrogen-bond donors (Lipinski definition) is 0. The molecule has 2 aromatic rings. The van der Waals surface area contributed by atoms with Crippen LogP contribution in [0.3, 0.4) is 0 Å². The molecule has 0 radical (unpaired) electrons. The molecule has 0 bridgehead atoms. The van der Waals surface area contributed by atoms with Crippen molar-refractivity contribution in [1.29, 1.82) is 0 Å². The molecule has 2 heterocycles. The first-order valence-electron chi connectivity index (χ1n) is 5.80. The van der Waals surface area contributed by atoms with Crippen LogP contribution in [0.4, 0.5) is 5.69 Å². The Balaban J connectivity index is 2.16. The van der Waals surface area contributed by atoms with E-state index in [0.29, 0.717) is 0 Å². The standard InChI is InChI=1S/C14H14N2O2/c1-15-12-6-5-10(18-2)9-11(12)13(14(15)17)16-7-3-4-8-16/h3-9,13H,1-2H3. The molecule has 1 amide bonds. The first-order chi connectivity index (χ1) is 8.72. The monoisotopic (exact) mass is 242 g/mol. The number of rotatable bonds is 2. The third-order valence-electron chi connectivity index (χ3n) is 3.38. The second-order valence-electron chi connectivity index (χ2n) is 4.35. The molecule has 0 spiro atoms. The van der Waals surface area contributed by atoms with Crippen molar-refractivity contribution in [2.75, 3.05) is 19.1 Å². The number of carbonyl (C=O) groups is 1. The first-order valence-corrected chi connectivity index (χ1v) is 5.80. The van der Waals surface area contributed by atoms with Gasteiger partial charge in [-0.2, -0.15) is 0 Å². The van der Waals surface area contributed by atoms with Crippen molar-refractivity contribution >= 4 is 11.6 Å². The molecule has 0 N–H and O–H groups in total. The molecule has 0 saturated heterocycles. The minimum absolute atomic E-state index is 0.0782. The molecular weight excluding hydrogens is 228 g/mol. The minimum Gasteiger partial charge on any atom is -0.497 e. The smallest absolute Gasteiger partial charge is 0.254 e. The summed E-state index contributed by atoms with van der Waals surface area (Å²) in [5.41, 5.74) is 1.93. The number of nitrogens with zero attached hydrogens (tertiary/aromatic N) is 2. The number of ether oxygens (including phenoxy) is 1. The molecule has 0 fully saturated rings. The zero-order valence-electron chi connectivity index (χ0n) is 10.3. The second kappa shape index (κ2) is 3.91. The van der Waals surface area contributed by atoms with Crippen LogP contribution in [0.5, 0.6) is 5.75 Å². The van der Waals surface area contributed by atoms with Crippen LogP contribution in [0.25, 0.3) is 0 Å². The maximum Gasteiger partial charge on any atom is 0.254 e. The predicted octanol–water partition coefficient (Wildman–Crippen LogP) is 2.06. The Morgan fingerprint density at radius 1 is 1.22 bits per heavy atom. The van der Waals surface area contributed by atoms with Gasteiger partial charge in [-0.05, 0) is 30.3 Å². The molecule has 1 atom stereocenters. The number of likely N-dealkylation sites (N-methyl/N-ethyl adjacent to an activating group) is 1. The Hall–Kier alpha value is -2.23. The van der Waals surface area contributed by atoms with Crippen LogP contribution in [0.2, 0.25) is 0 Å². The molecule has 1 aromatic heterocycles. The van der Waals surface area contributed by atoms with Crippen LogP contribution in [0.1, 0.15) is 11.6 Å². The lowest BCUT2D eigenvalue weighted by atomic mass is 10.1. The Labute approximate surface area is 105 Å². The molecule has 1 aliphatic rings. The summed E-state index contributed by atoms with van der Waals surface area (Å²) in [6, 6.07) is 9.30. The summed E-state index contributed by atoms with van der Waals surface area (Å²) in [4.78, 5) is 14.0. The van der Waals surface area contributed by atoms with Crippen LogP contribution >= 0.6 is 0 Å². The molecule has 1 unspecified atom stereocenters. The van der Waals surface area contributed by atoms with Crippen molar-refractivity contribution in [2.24, 2.45) is 0 Å². The van der Waals surface area contributed by atoms with Gasteiger partial charge in [0.15, 0.2) is 0 Å². The van der Waals surface area contributed by atoms with Gasteiger partial charge < -0.3 is 14.2 Å². The van der Waals surface area contributed by atoms with Crippen molar-refractivity contribution < 1.29 is 9.53 Å². The number of methoxy groups -OCH3 is 1. The number of amides is 1. The Morgan fingerprint density at radius 2 is 1.94 bits per heavy atom. The SMILES string of the molecule is COc1ccc2c(c1)C(n1cccc1)C(=O)N2C. The van der Waals surface area contributed by atoms with E-state index in [0.717, 1.165) is 17.0 Å². The van der Waals surface area contributed by atoms with E-state index in [-0.39, 0.29) is 11.9 Å². The molecule has 92 valence electrons. The summed E-state index contributed by atoms with van der Waals surface area (Å²) in [5.74, 6) is 0.850. The highest BCUT2D eigenvalue weighted by molar-refractivity contribution is 6.04. The molecule has 4 nitrogen and oxygen atoms in total. The van der Waals surface area contributed by atoms with E-state index in [4.69, 9.17) is 4.74 Å². The number of benzene rings is 1. The van der Waals surface area contributed by atoms with Crippen molar-refractivity contribution in [3.63, 3.8) is 0 Å². The van der Waals surface area contributed by atoms with E-state index in [1.54, 1.807) is 19.1 Å². The second-order valence-corrected chi connectivity index (χ2v) is 4.35. The van der Waals surface area contributed by atoms with Gasteiger partial charge in [0.2, 0.25) is 0 Å². The largest absolute Gasteiger partial charge is 0.497 e. The van der Waals surface area contributed by atoms with E-state index < -0.39 is 0 Å². The lowest BCUT2D eigenvalue weighted by Gasteiger charge is -2.12. The highest BCUT2D eigenvalue weighted by Crippen LogP contribution is 2.39. The number of carbonyl (C=O) groups excluding carboxylic acids is 1. The maximum atomic E-state index is 12.3. The molecule has 0 aliphatic carbocycles. The number of hydrogen-bond acceptors (Lipinski definition) is 2. The molecule has 1 aromatic carbocycles. The van der Waals surface area contributed by atoms with Gasteiger partial charge in [0.1, 0.15) is 11.8 Å². The normalized spacial score (nSPS) is 18.0. The Morgan fingerprint density at radius 3 is 2.61 bits per heavy atom. The highest BCUT2D eigenvalue weighted by atomic mass is 16.5. The van der Waals surface area contributed by atoms with Gasteiger partial charge in [0.25, 0.3) is 5.91 Å². The topological polar surface area (TPSA) is 34.5 Å². The van der Waals surface area contributed by atoms with Gasteiger partial charge in [-0.1, -0.05) is 0 Å². The number of aromatic nitrogens is 1. The molecular formula is C14H14N2O2. The van der Waals surface area contributed by atoms with E-state index in [1.807, 2.05) is 47.3 Å². The van der Waals surface area contributed by atoms with Crippen molar-refractivity contribution in [1.82, 2.24) is 4.57 Å². The summed E-state index contributed by atoms with van der Waals surface area (Å²) in [6.45, 7) is 0. The predicted molar refractivity (Wildman–Crippen MR) is 69.0 cm³/mol. The summed E-state index contributed by atoms with van der Waals surface area (Å²) in [7, 11) is 3.43. The van der Waals surface area contributed by atoms with Crippen LogP contribution in [0, 0.1) is 0 Å². The lowest BCUT2D eigenvalue weighted by Crippen LogP contribution is -2.26. The molecule has 18 heavy (non-hydrogen) atoms. The molecule has 1 aliphatic heterocycles. The fourth-order valence-electron chi connectivity index (χ4n) is 2.43. The van der Waals surface area contributed by atoms with Crippen molar-refractivity contribution in [3.8, 4) is 5.75 Å². The highest BCUT2D eigenvalue weighted by Gasteiger charge is 2.36. The molecule has 0 saturated carbocycles. The van der Waals surface area contributed by atoms with Gasteiger partial charge in [-0.15, -0.1) is 0 Å².